The summed E-state index contributed by atoms with van der Waals surface area (Å²) >= 11 is 5.92. The number of benzene rings is 2. The topological polar surface area (TPSA) is 70.2 Å². The lowest BCUT2D eigenvalue weighted by Crippen LogP contribution is -2.33. The quantitative estimate of drug-likeness (QED) is 0.678. The van der Waals surface area contributed by atoms with Crippen LogP contribution in [0.4, 0.5) is 11.4 Å². The fourth-order valence-electron chi connectivity index (χ4n) is 2.69. The fourth-order valence-corrected chi connectivity index (χ4v) is 2.82. The Kier molecular flexibility index (Phi) is 7.04. The molecule has 0 aromatic heterocycles. The summed E-state index contributed by atoms with van der Waals surface area (Å²) in [4.78, 5) is 23.6. The zero-order valence-electron chi connectivity index (χ0n) is 15.2. The Morgan fingerprint density at radius 2 is 1.73 bits per heavy atom. The largest absolute Gasteiger partial charge is 0.376 e. The van der Waals surface area contributed by atoms with Gasteiger partial charge in [-0.25, -0.2) is 0 Å². The van der Waals surface area contributed by atoms with E-state index in [4.69, 9.17) is 11.6 Å². The van der Waals surface area contributed by atoms with Gasteiger partial charge in [-0.2, -0.15) is 0 Å². The van der Waals surface area contributed by atoms with Crippen molar-refractivity contribution >= 4 is 34.8 Å². The minimum Gasteiger partial charge on any atom is -0.376 e. The van der Waals surface area contributed by atoms with Gasteiger partial charge in [-0.1, -0.05) is 36.7 Å². The van der Waals surface area contributed by atoms with E-state index >= 15 is 0 Å². The van der Waals surface area contributed by atoms with Crippen molar-refractivity contribution in [3.05, 3.63) is 58.6 Å². The SMILES string of the molecule is CCC(NC(=O)CNc1cccc(NC(C)=O)c1C)c1ccc(Cl)cc1. The summed E-state index contributed by atoms with van der Waals surface area (Å²) in [5.74, 6) is -0.229. The van der Waals surface area contributed by atoms with E-state index in [9.17, 15) is 9.59 Å². The Labute approximate surface area is 159 Å². The highest BCUT2D eigenvalue weighted by Gasteiger charge is 2.13. The molecule has 0 fully saturated rings. The number of hydrogen-bond donors (Lipinski definition) is 3. The van der Waals surface area contributed by atoms with E-state index in [1.807, 2.05) is 56.3 Å². The van der Waals surface area contributed by atoms with Crippen LogP contribution in [0.15, 0.2) is 42.5 Å². The summed E-state index contributed by atoms with van der Waals surface area (Å²) in [7, 11) is 0. The second kappa shape index (κ2) is 9.25. The Morgan fingerprint density at radius 3 is 2.35 bits per heavy atom. The number of hydrogen-bond acceptors (Lipinski definition) is 3. The molecule has 6 heteroatoms. The molecule has 1 atom stereocenters. The summed E-state index contributed by atoms with van der Waals surface area (Å²) < 4.78 is 0. The summed E-state index contributed by atoms with van der Waals surface area (Å²) in [6, 6.07) is 13.0. The molecule has 2 amide bonds. The number of carbonyl (C=O) groups is 2. The van der Waals surface area contributed by atoms with Crippen molar-refractivity contribution in [1.29, 1.82) is 0 Å². The van der Waals surface area contributed by atoms with Crippen LogP contribution in [0.2, 0.25) is 5.02 Å². The summed E-state index contributed by atoms with van der Waals surface area (Å²) in [5, 5.41) is 9.61. The molecule has 0 heterocycles. The van der Waals surface area contributed by atoms with Gasteiger partial charge in [0, 0.05) is 23.3 Å². The van der Waals surface area contributed by atoms with Crippen molar-refractivity contribution in [3.63, 3.8) is 0 Å². The van der Waals surface area contributed by atoms with Crippen LogP contribution < -0.4 is 16.0 Å². The van der Waals surface area contributed by atoms with E-state index in [1.165, 1.54) is 6.92 Å². The average Bonchev–Trinajstić information content (AvgIpc) is 2.61. The monoisotopic (exact) mass is 373 g/mol. The number of carbonyl (C=O) groups excluding carboxylic acids is 2. The Hall–Kier alpha value is -2.53. The van der Waals surface area contributed by atoms with Gasteiger partial charge in [-0.05, 0) is 48.7 Å². The minimum absolute atomic E-state index is 0.0617. The van der Waals surface area contributed by atoms with E-state index in [-0.39, 0.29) is 24.4 Å². The highest BCUT2D eigenvalue weighted by Crippen LogP contribution is 2.23. The molecule has 0 saturated heterocycles. The first-order valence-electron chi connectivity index (χ1n) is 8.56. The van der Waals surface area contributed by atoms with Crippen molar-refractivity contribution in [2.75, 3.05) is 17.2 Å². The number of nitrogens with one attached hydrogen (secondary N) is 3. The third-order valence-electron chi connectivity index (χ3n) is 4.10. The van der Waals surface area contributed by atoms with Crippen LogP contribution in [0.5, 0.6) is 0 Å². The Morgan fingerprint density at radius 1 is 1.08 bits per heavy atom. The van der Waals surface area contributed by atoms with Gasteiger partial charge >= 0.3 is 0 Å². The van der Waals surface area contributed by atoms with E-state index in [1.54, 1.807) is 0 Å². The molecular weight excluding hydrogens is 350 g/mol. The normalized spacial score (nSPS) is 11.5. The molecule has 0 spiro atoms. The molecule has 0 aliphatic carbocycles. The number of halogens is 1. The third kappa shape index (κ3) is 5.49. The van der Waals surface area contributed by atoms with Gasteiger partial charge in [0.2, 0.25) is 11.8 Å². The first kappa shape index (κ1) is 19.8. The number of rotatable bonds is 7. The molecule has 0 aliphatic heterocycles. The molecule has 2 rings (SSSR count). The van der Waals surface area contributed by atoms with Gasteiger partial charge in [0.25, 0.3) is 0 Å². The molecule has 3 N–H and O–H groups in total. The van der Waals surface area contributed by atoms with Crippen molar-refractivity contribution in [2.24, 2.45) is 0 Å². The van der Waals surface area contributed by atoms with Crippen molar-refractivity contribution < 1.29 is 9.59 Å². The molecule has 26 heavy (non-hydrogen) atoms. The maximum atomic E-state index is 12.3. The lowest BCUT2D eigenvalue weighted by atomic mass is 10.0. The number of amides is 2. The van der Waals surface area contributed by atoms with Gasteiger partial charge in [0.15, 0.2) is 0 Å². The predicted octanol–water partition coefficient (Wildman–Crippen LogP) is 4.29. The molecule has 0 saturated carbocycles. The highest BCUT2D eigenvalue weighted by atomic mass is 35.5. The van der Waals surface area contributed by atoms with Crippen LogP contribution >= 0.6 is 11.6 Å². The van der Waals surface area contributed by atoms with Gasteiger partial charge in [0.1, 0.15) is 0 Å². The lowest BCUT2D eigenvalue weighted by Gasteiger charge is -2.19. The molecule has 0 bridgehead atoms. The van der Waals surface area contributed by atoms with Crippen LogP contribution in [0, 0.1) is 6.92 Å². The fraction of sp³-hybridized carbons (Fsp3) is 0.300. The Bertz CT molecular complexity index is 775. The van der Waals surface area contributed by atoms with Gasteiger partial charge in [-0.3, -0.25) is 9.59 Å². The molecule has 5 nitrogen and oxygen atoms in total. The van der Waals surface area contributed by atoms with Crippen LogP contribution in [0.3, 0.4) is 0 Å². The maximum absolute atomic E-state index is 12.3. The van der Waals surface area contributed by atoms with E-state index in [2.05, 4.69) is 16.0 Å². The summed E-state index contributed by atoms with van der Waals surface area (Å²) in [6.07, 6.45) is 0.782. The molecule has 0 radical (unpaired) electrons. The standard InChI is InChI=1S/C20H24ClN3O2/c1-4-17(15-8-10-16(21)11-9-15)24-20(26)12-22-18-6-5-7-19(13(18)2)23-14(3)25/h5-11,17,22H,4,12H2,1-3H3,(H,23,25)(H,24,26). The molecule has 2 aromatic rings. The van der Waals surface area contributed by atoms with Crippen LogP contribution in [-0.4, -0.2) is 18.4 Å². The lowest BCUT2D eigenvalue weighted by molar-refractivity contribution is -0.120. The summed E-state index contributed by atoms with van der Waals surface area (Å²) in [5.41, 5.74) is 3.45. The maximum Gasteiger partial charge on any atom is 0.239 e. The van der Waals surface area contributed by atoms with Crippen LogP contribution in [-0.2, 0) is 9.59 Å². The van der Waals surface area contributed by atoms with E-state index in [0.29, 0.717) is 5.02 Å². The average molecular weight is 374 g/mol. The molecule has 0 aliphatic rings. The molecule has 2 aromatic carbocycles. The van der Waals surface area contributed by atoms with Crippen LogP contribution in [0.25, 0.3) is 0 Å². The van der Waals surface area contributed by atoms with Crippen molar-refractivity contribution in [2.45, 2.75) is 33.2 Å². The second-order valence-corrected chi connectivity index (χ2v) is 6.53. The van der Waals surface area contributed by atoms with Gasteiger partial charge in [-0.15, -0.1) is 0 Å². The van der Waals surface area contributed by atoms with E-state index < -0.39 is 0 Å². The minimum atomic E-state index is -0.128. The van der Waals surface area contributed by atoms with E-state index in [0.717, 1.165) is 28.9 Å². The van der Waals surface area contributed by atoms with Gasteiger partial charge < -0.3 is 16.0 Å². The molecule has 138 valence electrons. The van der Waals surface area contributed by atoms with Crippen molar-refractivity contribution in [1.82, 2.24) is 5.32 Å². The molecular formula is C20H24ClN3O2. The summed E-state index contributed by atoms with van der Waals surface area (Å²) in [6.45, 7) is 5.53. The molecule has 1 unspecified atom stereocenters. The zero-order valence-corrected chi connectivity index (χ0v) is 16.0. The third-order valence-corrected chi connectivity index (χ3v) is 4.35. The smallest absolute Gasteiger partial charge is 0.239 e. The number of anilines is 2. The first-order chi connectivity index (χ1) is 12.4. The Balaban J connectivity index is 1.97. The van der Waals surface area contributed by atoms with Crippen LogP contribution in [0.1, 0.15) is 37.4 Å². The zero-order chi connectivity index (χ0) is 19.1. The van der Waals surface area contributed by atoms with Gasteiger partial charge in [0.05, 0.1) is 12.6 Å². The highest BCUT2D eigenvalue weighted by molar-refractivity contribution is 6.30. The first-order valence-corrected chi connectivity index (χ1v) is 8.94. The van der Waals surface area contributed by atoms with Crippen molar-refractivity contribution in [3.8, 4) is 0 Å². The second-order valence-electron chi connectivity index (χ2n) is 6.09. The predicted molar refractivity (Wildman–Crippen MR) is 107 cm³/mol.